The third-order valence-electron chi connectivity index (χ3n) is 6.68. The Morgan fingerprint density at radius 3 is 2.29 bits per heavy atom. The van der Waals surface area contributed by atoms with Crippen LogP contribution in [0.1, 0.15) is 30.3 Å². The SMILES string of the molecule is CCc1nnc(NC(=O)[C@H](Cc2ccccc2)N2C(=O)[C@@H]3[C@H](C2=O)[C@H]2C=C[C@H]3CC2)s1. The summed E-state index contributed by atoms with van der Waals surface area (Å²) < 4.78 is 0. The van der Waals surface area contributed by atoms with Crippen molar-refractivity contribution in [2.24, 2.45) is 23.7 Å². The molecule has 1 saturated carbocycles. The Labute approximate surface area is 184 Å². The van der Waals surface area contributed by atoms with E-state index in [-0.39, 0.29) is 41.9 Å². The van der Waals surface area contributed by atoms with Crippen molar-refractivity contribution in [3.63, 3.8) is 0 Å². The zero-order valence-corrected chi connectivity index (χ0v) is 18.0. The number of allylic oxidation sites excluding steroid dienone is 2. The first kappa shape index (κ1) is 20.1. The number of hydrogen-bond donors (Lipinski definition) is 1. The number of amides is 3. The van der Waals surface area contributed by atoms with E-state index in [1.165, 1.54) is 16.2 Å². The highest BCUT2D eigenvalue weighted by Crippen LogP contribution is 2.50. The Balaban J connectivity index is 1.46. The summed E-state index contributed by atoms with van der Waals surface area (Å²) in [6.45, 7) is 1.97. The molecule has 0 radical (unpaired) electrons. The number of likely N-dealkylation sites (tertiary alicyclic amines) is 1. The molecule has 8 heteroatoms. The number of aromatic nitrogens is 2. The van der Waals surface area contributed by atoms with Crippen molar-refractivity contribution >= 4 is 34.2 Å². The van der Waals surface area contributed by atoms with Gasteiger partial charge in [0.25, 0.3) is 0 Å². The maximum atomic E-state index is 13.4. The van der Waals surface area contributed by atoms with Gasteiger partial charge in [0, 0.05) is 6.42 Å². The fourth-order valence-corrected chi connectivity index (χ4v) is 5.86. The molecule has 1 N–H and O–H groups in total. The van der Waals surface area contributed by atoms with E-state index < -0.39 is 11.9 Å². The maximum Gasteiger partial charge on any atom is 0.249 e. The second kappa shape index (κ2) is 8.00. The maximum absolute atomic E-state index is 13.4. The average molecular weight is 437 g/mol. The summed E-state index contributed by atoms with van der Waals surface area (Å²) in [5.74, 6) is -1.32. The molecule has 3 aliphatic carbocycles. The molecule has 1 aromatic heterocycles. The van der Waals surface area contributed by atoms with Gasteiger partial charge in [0.05, 0.1) is 11.8 Å². The lowest BCUT2D eigenvalue weighted by molar-refractivity contribution is -0.146. The number of benzene rings is 1. The van der Waals surface area contributed by atoms with Gasteiger partial charge in [-0.3, -0.25) is 24.6 Å². The van der Waals surface area contributed by atoms with Crippen LogP contribution in [0.25, 0.3) is 0 Å². The standard InChI is InChI=1S/C23H24N4O3S/c1-2-17-25-26-23(31-17)24-20(28)16(12-13-6-4-3-5-7-13)27-21(29)18-14-8-9-15(11-10-14)19(18)22(27)30/h3-9,14-16,18-19H,2,10-12H2,1H3,(H,24,26,28)/t14-,15-,16-,18-,19+/m0/s1. The molecule has 160 valence electrons. The Bertz CT molecular complexity index is 1020. The lowest BCUT2D eigenvalue weighted by Crippen LogP contribution is -2.49. The lowest BCUT2D eigenvalue weighted by atomic mass is 9.63. The van der Waals surface area contributed by atoms with Gasteiger partial charge in [0.15, 0.2) is 0 Å². The first-order valence-corrected chi connectivity index (χ1v) is 11.6. The lowest BCUT2D eigenvalue weighted by Gasteiger charge is -2.38. The molecule has 2 fully saturated rings. The number of nitrogens with zero attached hydrogens (tertiary/aromatic N) is 3. The number of fused-ring (bicyclic) bond motifs is 1. The molecule has 1 aromatic carbocycles. The zero-order valence-electron chi connectivity index (χ0n) is 17.2. The van der Waals surface area contributed by atoms with Gasteiger partial charge in [-0.15, -0.1) is 10.2 Å². The highest BCUT2D eigenvalue weighted by molar-refractivity contribution is 7.15. The molecule has 7 nitrogen and oxygen atoms in total. The van der Waals surface area contributed by atoms with Crippen LogP contribution in [0, 0.1) is 23.7 Å². The average Bonchev–Trinajstić information content (AvgIpc) is 3.37. The Hall–Kier alpha value is -2.87. The number of aryl methyl sites for hydroxylation is 1. The van der Waals surface area contributed by atoms with Crippen LogP contribution in [0.5, 0.6) is 0 Å². The monoisotopic (exact) mass is 436 g/mol. The van der Waals surface area contributed by atoms with Crippen LogP contribution in [-0.4, -0.2) is 38.9 Å². The molecule has 1 saturated heterocycles. The molecule has 2 aromatic rings. The largest absolute Gasteiger partial charge is 0.299 e. The fourth-order valence-electron chi connectivity index (χ4n) is 5.18. The predicted octanol–water partition coefficient (Wildman–Crippen LogP) is 2.85. The molecule has 2 heterocycles. The molecule has 2 bridgehead atoms. The van der Waals surface area contributed by atoms with Crippen molar-refractivity contribution < 1.29 is 14.4 Å². The summed E-state index contributed by atoms with van der Waals surface area (Å²) in [7, 11) is 0. The van der Waals surface area contributed by atoms with Gasteiger partial charge in [-0.1, -0.05) is 60.7 Å². The molecular weight excluding hydrogens is 412 g/mol. The summed E-state index contributed by atoms with van der Waals surface area (Å²) in [5.41, 5.74) is 0.894. The molecule has 0 spiro atoms. The van der Waals surface area contributed by atoms with E-state index in [2.05, 4.69) is 27.7 Å². The van der Waals surface area contributed by atoms with Gasteiger partial charge < -0.3 is 0 Å². The van der Waals surface area contributed by atoms with E-state index in [1.54, 1.807) is 0 Å². The number of rotatable bonds is 6. The third-order valence-corrected chi connectivity index (χ3v) is 7.66. The van der Waals surface area contributed by atoms with Crippen LogP contribution in [0.3, 0.4) is 0 Å². The van der Waals surface area contributed by atoms with Gasteiger partial charge in [-0.2, -0.15) is 0 Å². The predicted molar refractivity (Wildman–Crippen MR) is 116 cm³/mol. The molecule has 6 rings (SSSR count). The summed E-state index contributed by atoms with van der Waals surface area (Å²) in [6, 6.07) is 8.57. The molecule has 1 aliphatic heterocycles. The van der Waals surface area contributed by atoms with E-state index >= 15 is 0 Å². The first-order chi connectivity index (χ1) is 15.1. The minimum absolute atomic E-state index is 0.0900. The second-order valence-corrected chi connectivity index (χ2v) is 9.50. The topological polar surface area (TPSA) is 92.3 Å². The van der Waals surface area contributed by atoms with Gasteiger partial charge in [0.2, 0.25) is 22.9 Å². The number of imide groups is 1. The van der Waals surface area contributed by atoms with E-state index in [9.17, 15) is 14.4 Å². The molecule has 0 unspecified atom stereocenters. The Morgan fingerprint density at radius 2 is 1.74 bits per heavy atom. The quantitative estimate of drug-likeness (QED) is 0.555. The summed E-state index contributed by atoms with van der Waals surface area (Å²) in [6.07, 6.45) is 7.02. The van der Waals surface area contributed by atoms with Crippen molar-refractivity contribution in [1.82, 2.24) is 15.1 Å². The molecule has 3 amide bonds. The van der Waals surface area contributed by atoms with Crippen LogP contribution in [0.4, 0.5) is 5.13 Å². The van der Waals surface area contributed by atoms with Crippen LogP contribution >= 0.6 is 11.3 Å². The number of anilines is 1. The van der Waals surface area contributed by atoms with E-state index in [0.29, 0.717) is 5.13 Å². The summed E-state index contributed by atoms with van der Waals surface area (Å²) in [5, 5.41) is 12.1. The molecule has 4 aliphatic rings. The highest BCUT2D eigenvalue weighted by Gasteiger charge is 2.58. The van der Waals surface area contributed by atoms with Gasteiger partial charge in [0.1, 0.15) is 11.0 Å². The van der Waals surface area contributed by atoms with Crippen molar-refractivity contribution in [3.05, 3.63) is 53.1 Å². The number of hydrogen-bond acceptors (Lipinski definition) is 6. The van der Waals surface area contributed by atoms with Gasteiger partial charge in [-0.05, 0) is 36.7 Å². The van der Waals surface area contributed by atoms with Gasteiger partial charge in [-0.25, -0.2) is 0 Å². The smallest absolute Gasteiger partial charge is 0.249 e. The first-order valence-electron chi connectivity index (χ1n) is 10.8. The molecule has 31 heavy (non-hydrogen) atoms. The number of carbonyl (C=O) groups excluding carboxylic acids is 3. The van der Waals surface area contributed by atoms with Crippen molar-refractivity contribution in [2.45, 2.75) is 38.6 Å². The zero-order chi connectivity index (χ0) is 21.5. The van der Waals surface area contributed by atoms with E-state index in [1.807, 2.05) is 37.3 Å². The molecular formula is C23H24N4O3S. The highest BCUT2D eigenvalue weighted by atomic mass is 32.1. The normalized spacial score (nSPS) is 27.5. The van der Waals surface area contributed by atoms with Crippen LogP contribution in [-0.2, 0) is 27.2 Å². The minimum atomic E-state index is -0.915. The van der Waals surface area contributed by atoms with Crippen molar-refractivity contribution in [1.29, 1.82) is 0 Å². The second-order valence-electron chi connectivity index (χ2n) is 8.44. The van der Waals surface area contributed by atoms with Gasteiger partial charge >= 0.3 is 0 Å². The molecule has 5 atom stereocenters. The van der Waals surface area contributed by atoms with Crippen LogP contribution in [0.2, 0.25) is 0 Å². The van der Waals surface area contributed by atoms with E-state index in [4.69, 9.17) is 0 Å². The van der Waals surface area contributed by atoms with Crippen molar-refractivity contribution in [2.75, 3.05) is 5.32 Å². The van der Waals surface area contributed by atoms with Crippen LogP contribution < -0.4 is 5.32 Å². The Morgan fingerprint density at radius 1 is 1.10 bits per heavy atom. The van der Waals surface area contributed by atoms with E-state index in [0.717, 1.165) is 29.8 Å². The summed E-state index contributed by atoms with van der Waals surface area (Å²) in [4.78, 5) is 41.5. The number of carbonyl (C=O) groups is 3. The van der Waals surface area contributed by atoms with Crippen LogP contribution in [0.15, 0.2) is 42.5 Å². The Kier molecular flexibility index (Phi) is 5.17. The van der Waals surface area contributed by atoms with Crippen molar-refractivity contribution in [3.8, 4) is 0 Å². The summed E-state index contributed by atoms with van der Waals surface area (Å²) >= 11 is 1.31. The number of nitrogens with one attached hydrogen (secondary N) is 1. The fraction of sp³-hybridized carbons (Fsp3) is 0.435. The third kappa shape index (κ3) is 3.48. The minimum Gasteiger partial charge on any atom is -0.299 e.